The van der Waals surface area contributed by atoms with Crippen molar-refractivity contribution >= 4 is 5.97 Å². The summed E-state index contributed by atoms with van der Waals surface area (Å²) < 4.78 is 14.5. The second-order valence-corrected chi connectivity index (χ2v) is 8.37. The van der Waals surface area contributed by atoms with Crippen LogP contribution in [0.3, 0.4) is 0 Å². The minimum Gasteiger partial charge on any atom is -0.481 e. The molecule has 0 saturated heterocycles. The van der Waals surface area contributed by atoms with E-state index in [2.05, 4.69) is 12.1 Å². The lowest BCUT2D eigenvalue weighted by atomic mass is 9.89. The fraction of sp³-hybridized carbons (Fsp3) is 0.542. The van der Waals surface area contributed by atoms with Gasteiger partial charge in [-0.1, -0.05) is 48.6 Å². The van der Waals surface area contributed by atoms with E-state index in [-0.39, 0.29) is 24.7 Å². The zero-order valence-corrected chi connectivity index (χ0v) is 16.7. The number of aliphatic hydroxyl groups excluding tert-OH is 2. The van der Waals surface area contributed by atoms with Gasteiger partial charge in [0.1, 0.15) is 6.17 Å². The minimum atomic E-state index is -1.11. The fourth-order valence-corrected chi connectivity index (χ4v) is 4.64. The number of carbonyl (C=O) groups is 1. The molecule has 29 heavy (non-hydrogen) atoms. The quantitative estimate of drug-likeness (QED) is 0.433. The van der Waals surface area contributed by atoms with Crippen molar-refractivity contribution in [1.82, 2.24) is 0 Å². The lowest BCUT2D eigenvalue weighted by molar-refractivity contribution is -0.137. The van der Waals surface area contributed by atoms with Crippen molar-refractivity contribution in [3.63, 3.8) is 0 Å². The van der Waals surface area contributed by atoms with Crippen molar-refractivity contribution in [2.24, 2.45) is 17.8 Å². The largest absolute Gasteiger partial charge is 0.481 e. The molecule has 0 spiro atoms. The molecule has 2 aliphatic rings. The van der Waals surface area contributed by atoms with Crippen LogP contribution in [-0.2, 0) is 17.6 Å². The number of allylic oxidation sites excluding steroid dienone is 3. The number of hydrogen-bond acceptors (Lipinski definition) is 3. The molecule has 2 aliphatic carbocycles. The maximum absolute atomic E-state index is 14.5. The Hall–Kier alpha value is -1.98. The van der Waals surface area contributed by atoms with Gasteiger partial charge in [-0.05, 0) is 55.1 Å². The molecular weight excluding hydrogens is 371 g/mol. The number of aliphatic hydroxyl groups is 2. The second kappa shape index (κ2) is 10.2. The van der Waals surface area contributed by atoms with E-state index in [1.807, 2.05) is 24.3 Å². The number of fused-ring (bicyclic) bond motifs is 1. The molecule has 0 aromatic heterocycles. The Morgan fingerprint density at radius 2 is 1.90 bits per heavy atom. The molecule has 1 aromatic carbocycles. The van der Waals surface area contributed by atoms with Gasteiger partial charge >= 0.3 is 5.97 Å². The summed E-state index contributed by atoms with van der Waals surface area (Å²) >= 11 is 0. The summed E-state index contributed by atoms with van der Waals surface area (Å²) in [6.07, 6.45) is 8.57. The van der Waals surface area contributed by atoms with Gasteiger partial charge in [-0.3, -0.25) is 4.79 Å². The Morgan fingerprint density at radius 3 is 2.55 bits per heavy atom. The Balaban J connectivity index is 1.53. The number of alkyl halides is 1. The summed E-state index contributed by atoms with van der Waals surface area (Å²) in [4.78, 5) is 10.5. The molecule has 1 fully saturated rings. The maximum Gasteiger partial charge on any atom is 0.303 e. The molecule has 0 bridgehead atoms. The van der Waals surface area contributed by atoms with E-state index in [0.717, 1.165) is 12.8 Å². The van der Waals surface area contributed by atoms with Crippen LogP contribution in [0.25, 0.3) is 0 Å². The lowest BCUT2D eigenvalue weighted by Crippen LogP contribution is -2.21. The van der Waals surface area contributed by atoms with Crippen molar-refractivity contribution in [2.75, 3.05) is 0 Å². The first-order valence-electron chi connectivity index (χ1n) is 10.6. The number of unbranched alkanes of at least 4 members (excludes halogenated alkanes) is 1. The van der Waals surface area contributed by atoms with Crippen molar-refractivity contribution < 1.29 is 24.5 Å². The third kappa shape index (κ3) is 5.77. The Bertz CT molecular complexity index is 719. The standard InChI is InChI=1S/C24H31FO4/c25-21-15-23(27)20(9-3-1-2-4-10-24(28)29)19(21)11-12-22(26)18-13-16-7-5-6-8-17(16)14-18/h1,3,5-8,11-12,18-23,26-27H,2,4,9-10,13-15H2,(H,28,29)/b3-1-,12-11-/t19-,20+,21-,22-,23-/m1/s1. The minimum absolute atomic E-state index is 0.112. The molecule has 1 saturated carbocycles. The average Bonchev–Trinajstić information content (AvgIpc) is 3.23. The normalized spacial score (nSPS) is 28.4. The molecule has 4 nitrogen and oxygen atoms in total. The molecule has 0 heterocycles. The van der Waals surface area contributed by atoms with E-state index in [0.29, 0.717) is 19.3 Å². The van der Waals surface area contributed by atoms with Crippen LogP contribution in [0.2, 0.25) is 0 Å². The SMILES string of the molecule is O=C(O)CCC/C=C\C[C@H]1[C@@H](/C=C\[C@@H](O)C2Cc3ccccc3C2)[C@H](F)C[C@H]1O. The van der Waals surface area contributed by atoms with Crippen LogP contribution in [0, 0.1) is 17.8 Å². The Morgan fingerprint density at radius 1 is 1.21 bits per heavy atom. The topological polar surface area (TPSA) is 77.8 Å². The van der Waals surface area contributed by atoms with E-state index in [9.17, 15) is 19.4 Å². The molecule has 158 valence electrons. The average molecular weight is 403 g/mol. The molecule has 0 aliphatic heterocycles. The van der Waals surface area contributed by atoms with Crippen molar-refractivity contribution in [3.8, 4) is 0 Å². The number of rotatable bonds is 9. The van der Waals surface area contributed by atoms with Gasteiger partial charge in [-0.2, -0.15) is 0 Å². The van der Waals surface area contributed by atoms with E-state index < -0.39 is 30.3 Å². The van der Waals surface area contributed by atoms with Gasteiger partial charge < -0.3 is 15.3 Å². The van der Waals surface area contributed by atoms with Crippen molar-refractivity contribution in [1.29, 1.82) is 0 Å². The van der Waals surface area contributed by atoms with E-state index in [1.54, 1.807) is 12.2 Å². The molecule has 5 heteroatoms. The first-order valence-corrected chi connectivity index (χ1v) is 10.6. The van der Waals surface area contributed by atoms with Gasteiger partial charge in [0, 0.05) is 18.8 Å². The van der Waals surface area contributed by atoms with Gasteiger partial charge in [-0.15, -0.1) is 0 Å². The highest BCUT2D eigenvalue weighted by atomic mass is 19.1. The highest BCUT2D eigenvalue weighted by Crippen LogP contribution is 2.38. The third-order valence-electron chi connectivity index (χ3n) is 6.31. The van der Waals surface area contributed by atoms with Gasteiger partial charge in [0.2, 0.25) is 0 Å². The molecule has 0 amide bonds. The van der Waals surface area contributed by atoms with Crippen LogP contribution >= 0.6 is 0 Å². The second-order valence-electron chi connectivity index (χ2n) is 8.37. The highest BCUT2D eigenvalue weighted by molar-refractivity contribution is 5.66. The summed E-state index contributed by atoms with van der Waals surface area (Å²) in [5.74, 6) is -1.32. The van der Waals surface area contributed by atoms with E-state index >= 15 is 0 Å². The molecule has 1 aromatic rings. The fourth-order valence-electron chi connectivity index (χ4n) is 4.64. The first-order chi connectivity index (χ1) is 14.0. The van der Waals surface area contributed by atoms with Crippen LogP contribution in [0.4, 0.5) is 4.39 Å². The van der Waals surface area contributed by atoms with Gasteiger partial charge in [-0.25, -0.2) is 4.39 Å². The number of aliphatic carboxylic acids is 1. The number of carboxylic acids is 1. The van der Waals surface area contributed by atoms with Crippen molar-refractivity contribution in [2.45, 2.75) is 63.3 Å². The van der Waals surface area contributed by atoms with Crippen molar-refractivity contribution in [3.05, 3.63) is 59.7 Å². The van der Waals surface area contributed by atoms with Crippen LogP contribution in [0.5, 0.6) is 0 Å². The number of halogens is 1. The summed E-state index contributed by atoms with van der Waals surface area (Å²) in [5.41, 5.74) is 2.55. The predicted molar refractivity (Wildman–Crippen MR) is 110 cm³/mol. The number of hydrogen-bond donors (Lipinski definition) is 3. The van der Waals surface area contributed by atoms with Gasteiger partial charge in [0.05, 0.1) is 12.2 Å². The van der Waals surface area contributed by atoms with E-state index in [4.69, 9.17) is 5.11 Å². The van der Waals surface area contributed by atoms with Crippen LogP contribution in [0.15, 0.2) is 48.6 Å². The molecular formula is C24H31FO4. The summed E-state index contributed by atoms with van der Waals surface area (Å²) in [5, 5.41) is 29.5. The van der Waals surface area contributed by atoms with Gasteiger partial charge in [0.15, 0.2) is 0 Å². The molecule has 0 unspecified atom stereocenters. The number of benzene rings is 1. The third-order valence-corrected chi connectivity index (χ3v) is 6.31. The number of carboxylic acid groups (broad SMARTS) is 1. The monoisotopic (exact) mass is 402 g/mol. The van der Waals surface area contributed by atoms with Crippen LogP contribution < -0.4 is 0 Å². The molecule has 0 radical (unpaired) electrons. The maximum atomic E-state index is 14.5. The zero-order chi connectivity index (χ0) is 20.8. The Labute approximate surface area is 171 Å². The molecule has 3 rings (SSSR count). The predicted octanol–water partition coefficient (Wildman–Crippen LogP) is 3.85. The van der Waals surface area contributed by atoms with Gasteiger partial charge in [0.25, 0.3) is 0 Å². The van der Waals surface area contributed by atoms with Crippen LogP contribution in [0.1, 0.15) is 43.2 Å². The summed E-state index contributed by atoms with van der Waals surface area (Å²) in [7, 11) is 0. The summed E-state index contributed by atoms with van der Waals surface area (Å²) in [6, 6.07) is 8.21. The smallest absolute Gasteiger partial charge is 0.303 e. The van der Waals surface area contributed by atoms with E-state index in [1.165, 1.54) is 11.1 Å². The zero-order valence-electron chi connectivity index (χ0n) is 16.7. The summed E-state index contributed by atoms with van der Waals surface area (Å²) in [6.45, 7) is 0. The molecule has 5 atom stereocenters. The molecule has 3 N–H and O–H groups in total. The first kappa shape index (κ1) is 21.7. The highest BCUT2D eigenvalue weighted by Gasteiger charge is 2.40. The van der Waals surface area contributed by atoms with Crippen LogP contribution in [-0.4, -0.2) is 39.7 Å². The Kier molecular flexibility index (Phi) is 7.62. The lowest BCUT2D eigenvalue weighted by Gasteiger charge is -2.20.